The van der Waals surface area contributed by atoms with E-state index in [4.69, 9.17) is 0 Å². The average Bonchev–Trinajstić information content (AvgIpc) is 2.48. The maximum absolute atomic E-state index is 13.8. The van der Waals surface area contributed by atoms with Gasteiger partial charge >= 0.3 is 0 Å². The van der Waals surface area contributed by atoms with E-state index in [1.165, 1.54) is 12.1 Å². The highest BCUT2D eigenvalue weighted by Gasteiger charge is 2.17. The van der Waals surface area contributed by atoms with Crippen LogP contribution in [0.25, 0.3) is 0 Å². The van der Waals surface area contributed by atoms with Crippen LogP contribution in [0.5, 0.6) is 0 Å². The summed E-state index contributed by atoms with van der Waals surface area (Å²) in [5.74, 6) is -0.807. The molecule has 0 spiro atoms. The second-order valence-corrected chi connectivity index (χ2v) is 5.98. The van der Waals surface area contributed by atoms with E-state index in [0.717, 1.165) is 22.5 Å². The number of halogens is 3. The molecular formula is C17H18BrF2N. The van der Waals surface area contributed by atoms with Gasteiger partial charge in [0.25, 0.3) is 0 Å². The molecule has 1 N–H and O–H groups in total. The Balaban J connectivity index is 2.17. The van der Waals surface area contributed by atoms with Gasteiger partial charge in [-0.25, -0.2) is 8.78 Å². The molecule has 0 saturated carbocycles. The SMILES string of the molecule is CCC(NC(C)c1cc(F)ccc1F)c1ccc(Br)cc1. The molecule has 1 nitrogen and oxygen atoms in total. The van der Waals surface area contributed by atoms with Gasteiger partial charge in [-0.05, 0) is 49.2 Å². The average molecular weight is 354 g/mol. The Morgan fingerprint density at radius 3 is 2.38 bits per heavy atom. The second-order valence-electron chi connectivity index (χ2n) is 5.07. The van der Waals surface area contributed by atoms with Crippen LogP contribution in [0.3, 0.4) is 0 Å². The molecule has 0 fully saturated rings. The van der Waals surface area contributed by atoms with Gasteiger partial charge in [0.05, 0.1) is 0 Å². The molecule has 2 unspecified atom stereocenters. The lowest BCUT2D eigenvalue weighted by Crippen LogP contribution is -2.25. The van der Waals surface area contributed by atoms with Crippen LogP contribution < -0.4 is 5.32 Å². The van der Waals surface area contributed by atoms with Crippen molar-refractivity contribution in [3.63, 3.8) is 0 Å². The minimum atomic E-state index is -0.420. The monoisotopic (exact) mass is 353 g/mol. The van der Waals surface area contributed by atoms with Crippen LogP contribution in [0.2, 0.25) is 0 Å². The molecule has 0 aromatic heterocycles. The lowest BCUT2D eigenvalue weighted by atomic mass is 10.0. The molecule has 2 aromatic carbocycles. The zero-order chi connectivity index (χ0) is 15.4. The first kappa shape index (κ1) is 16.1. The topological polar surface area (TPSA) is 12.0 Å². The Bertz CT molecular complexity index is 598. The van der Waals surface area contributed by atoms with E-state index in [9.17, 15) is 8.78 Å². The molecule has 0 bridgehead atoms. The fourth-order valence-electron chi connectivity index (χ4n) is 2.38. The smallest absolute Gasteiger partial charge is 0.128 e. The van der Waals surface area contributed by atoms with Crippen molar-refractivity contribution in [1.82, 2.24) is 5.32 Å². The van der Waals surface area contributed by atoms with Gasteiger partial charge in [-0.3, -0.25) is 0 Å². The lowest BCUT2D eigenvalue weighted by molar-refractivity contribution is 0.440. The van der Waals surface area contributed by atoms with Crippen LogP contribution in [0.1, 0.15) is 43.5 Å². The molecule has 2 aromatic rings. The Labute approximate surface area is 132 Å². The number of hydrogen-bond acceptors (Lipinski definition) is 1. The van der Waals surface area contributed by atoms with Crippen molar-refractivity contribution in [3.05, 3.63) is 69.7 Å². The van der Waals surface area contributed by atoms with Crippen LogP contribution in [0.4, 0.5) is 8.78 Å². The van der Waals surface area contributed by atoms with Gasteiger partial charge in [0, 0.05) is 22.1 Å². The van der Waals surface area contributed by atoms with E-state index in [-0.39, 0.29) is 17.9 Å². The van der Waals surface area contributed by atoms with E-state index in [1.807, 2.05) is 31.2 Å². The summed E-state index contributed by atoms with van der Waals surface area (Å²) in [5, 5.41) is 3.36. The highest BCUT2D eigenvalue weighted by Crippen LogP contribution is 2.25. The predicted octanol–water partition coefficient (Wildman–Crippen LogP) is 5.53. The van der Waals surface area contributed by atoms with Crippen molar-refractivity contribution in [3.8, 4) is 0 Å². The molecule has 2 atom stereocenters. The van der Waals surface area contributed by atoms with E-state index in [1.54, 1.807) is 0 Å². The zero-order valence-electron chi connectivity index (χ0n) is 12.0. The summed E-state index contributed by atoms with van der Waals surface area (Å²) < 4.78 is 28.1. The summed E-state index contributed by atoms with van der Waals surface area (Å²) in [7, 11) is 0. The molecule has 0 aliphatic carbocycles. The van der Waals surface area contributed by atoms with Crippen LogP contribution in [-0.2, 0) is 0 Å². The minimum absolute atomic E-state index is 0.0933. The van der Waals surface area contributed by atoms with E-state index < -0.39 is 5.82 Å². The van der Waals surface area contributed by atoms with Crippen molar-refractivity contribution >= 4 is 15.9 Å². The van der Waals surface area contributed by atoms with Crippen molar-refractivity contribution in [1.29, 1.82) is 0 Å². The van der Waals surface area contributed by atoms with Crippen LogP contribution >= 0.6 is 15.9 Å². The molecule has 0 heterocycles. The summed E-state index contributed by atoms with van der Waals surface area (Å²) in [5.41, 5.74) is 1.48. The number of benzene rings is 2. The zero-order valence-corrected chi connectivity index (χ0v) is 13.6. The molecule has 0 radical (unpaired) electrons. The van der Waals surface area contributed by atoms with Gasteiger partial charge in [0.2, 0.25) is 0 Å². The maximum Gasteiger partial charge on any atom is 0.128 e. The van der Waals surface area contributed by atoms with E-state index >= 15 is 0 Å². The van der Waals surface area contributed by atoms with Crippen LogP contribution in [0, 0.1) is 11.6 Å². The quantitative estimate of drug-likeness (QED) is 0.745. The standard InChI is InChI=1S/C17H18BrF2N/c1-3-17(12-4-6-13(18)7-5-12)21-11(2)15-10-14(19)8-9-16(15)20/h4-11,17,21H,3H2,1-2H3. The minimum Gasteiger partial charge on any atom is -0.303 e. The molecule has 21 heavy (non-hydrogen) atoms. The molecule has 0 aliphatic heterocycles. The summed E-state index contributed by atoms with van der Waals surface area (Å²) in [6, 6.07) is 11.4. The Morgan fingerprint density at radius 2 is 1.76 bits per heavy atom. The first-order chi connectivity index (χ1) is 10.0. The van der Waals surface area contributed by atoms with Gasteiger partial charge in [-0.1, -0.05) is 35.0 Å². The lowest BCUT2D eigenvalue weighted by Gasteiger charge is -2.23. The fraction of sp³-hybridized carbons (Fsp3) is 0.294. The molecule has 0 saturated heterocycles. The fourth-order valence-corrected chi connectivity index (χ4v) is 2.65. The highest BCUT2D eigenvalue weighted by atomic mass is 79.9. The van der Waals surface area contributed by atoms with E-state index in [0.29, 0.717) is 5.56 Å². The Kier molecular flexibility index (Phi) is 5.48. The summed E-state index contributed by atoms with van der Waals surface area (Å²) >= 11 is 3.41. The van der Waals surface area contributed by atoms with Crippen LogP contribution in [0.15, 0.2) is 46.9 Å². The third-order valence-corrected chi connectivity index (χ3v) is 4.09. The van der Waals surface area contributed by atoms with Crippen LogP contribution in [-0.4, -0.2) is 0 Å². The van der Waals surface area contributed by atoms with Gasteiger partial charge in [0.1, 0.15) is 11.6 Å². The molecule has 0 aliphatic rings. The Morgan fingerprint density at radius 1 is 1.10 bits per heavy atom. The van der Waals surface area contributed by atoms with Gasteiger partial charge in [-0.15, -0.1) is 0 Å². The molecule has 2 rings (SSSR count). The normalized spacial score (nSPS) is 14.0. The summed E-state index contributed by atoms with van der Waals surface area (Å²) in [4.78, 5) is 0. The highest BCUT2D eigenvalue weighted by molar-refractivity contribution is 9.10. The number of hydrogen-bond donors (Lipinski definition) is 1. The summed E-state index contributed by atoms with van der Waals surface area (Å²) in [6.45, 7) is 3.91. The molecule has 0 amide bonds. The largest absolute Gasteiger partial charge is 0.303 e. The third-order valence-electron chi connectivity index (χ3n) is 3.56. The van der Waals surface area contributed by atoms with Gasteiger partial charge < -0.3 is 5.32 Å². The first-order valence-corrected chi connectivity index (χ1v) is 7.77. The van der Waals surface area contributed by atoms with Gasteiger partial charge in [-0.2, -0.15) is 0 Å². The van der Waals surface area contributed by atoms with Crippen molar-refractivity contribution in [2.75, 3.05) is 0 Å². The first-order valence-electron chi connectivity index (χ1n) is 6.97. The number of nitrogens with one attached hydrogen (secondary N) is 1. The second kappa shape index (κ2) is 7.14. The maximum atomic E-state index is 13.8. The number of rotatable bonds is 5. The van der Waals surface area contributed by atoms with Gasteiger partial charge in [0.15, 0.2) is 0 Å². The molecule has 4 heteroatoms. The predicted molar refractivity (Wildman–Crippen MR) is 85.1 cm³/mol. The third kappa shape index (κ3) is 4.11. The molecule has 112 valence electrons. The van der Waals surface area contributed by atoms with Crippen molar-refractivity contribution < 1.29 is 8.78 Å². The van der Waals surface area contributed by atoms with E-state index in [2.05, 4.69) is 28.2 Å². The van der Waals surface area contributed by atoms with Crippen molar-refractivity contribution in [2.45, 2.75) is 32.4 Å². The Hall–Kier alpha value is -1.26. The van der Waals surface area contributed by atoms with Crippen molar-refractivity contribution in [2.24, 2.45) is 0 Å². The molecular weight excluding hydrogens is 336 g/mol. The summed E-state index contributed by atoms with van der Waals surface area (Å²) in [6.07, 6.45) is 0.864.